The molecule has 0 aromatic heterocycles. The van der Waals surface area contributed by atoms with E-state index in [9.17, 15) is 19.7 Å². The summed E-state index contributed by atoms with van der Waals surface area (Å²) in [6.07, 6.45) is 2.47. The summed E-state index contributed by atoms with van der Waals surface area (Å²) in [5.74, 6) is 0.128. The number of nitro groups is 1. The molecule has 0 unspecified atom stereocenters. The maximum atomic E-state index is 12.5. The summed E-state index contributed by atoms with van der Waals surface area (Å²) in [6.45, 7) is 2.47. The first-order chi connectivity index (χ1) is 15.0. The Kier molecular flexibility index (Phi) is 7.98. The van der Waals surface area contributed by atoms with Crippen molar-refractivity contribution in [2.24, 2.45) is 0 Å². The highest BCUT2D eigenvalue weighted by molar-refractivity contribution is 5.79. The van der Waals surface area contributed by atoms with Crippen molar-refractivity contribution in [3.8, 4) is 0 Å². The molecule has 1 aliphatic heterocycles. The van der Waals surface area contributed by atoms with Crippen molar-refractivity contribution in [1.29, 1.82) is 0 Å². The third-order valence-corrected chi connectivity index (χ3v) is 5.44. The predicted molar refractivity (Wildman–Crippen MR) is 119 cm³/mol. The standard InChI is InChI=1S/C23H28N4O4/c28-22(12-6-9-19-7-2-1-3-8-19)25-15-17-26(18-16-25)23(29)13-14-24-20-10-4-5-11-21(20)27(30)31/h1-5,7-8,10-11,24H,6,9,12-18H2. The number of benzene rings is 2. The fourth-order valence-electron chi connectivity index (χ4n) is 3.70. The number of piperazine rings is 1. The number of hydrogen-bond donors (Lipinski definition) is 1. The molecule has 3 rings (SSSR count). The minimum absolute atomic E-state index is 0.00524. The normalized spacial score (nSPS) is 13.7. The van der Waals surface area contributed by atoms with E-state index in [1.807, 2.05) is 23.1 Å². The molecular weight excluding hydrogens is 396 g/mol. The summed E-state index contributed by atoms with van der Waals surface area (Å²) < 4.78 is 0. The molecule has 0 spiro atoms. The van der Waals surface area contributed by atoms with Crippen molar-refractivity contribution in [3.05, 3.63) is 70.3 Å². The van der Waals surface area contributed by atoms with Gasteiger partial charge >= 0.3 is 0 Å². The topological polar surface area (TPSA) is 95.8 Å². The van der Waals surface area contributed by atoms with Crippen molar-refractivity contribution < 1.29 is 14.5 Å². The van der Waals surface area contributed by atoms with E-state index in [1.54, 1.807) is 23.1 Å². The van der Waals surface area contributed by atoms with Crippen LogP contribution in [0, 0.1) is 10.1 Å². The number of hydrogen-bond acceptors (Lipinski definition) is 5. The molecule has 1 heterocycles. The van der Waals surface area contributed by atoms with Crippen LogP contribution in [0.25, 0.3) is 0 Å². The van der Waals surface area contributed by atoms with Gasteiger partial charge in [-0.05, 0) is 24.5 Å². The van der Waals surface area contributed by atoms with Crippen molar-refractivity contribution in [1.82, 2.24) is 9.80 Å². The molecule has 2 aromatic carbocycles. The molecule has 31 heavy (non-hydrogen) atoms. The smallest absolute Gasteiger partial charge is 0.292 e. The molecule has 164 valence electrons. The van der Waals surface area contributed by atoms with E-state index >= 15 is 0 Å². The summed E-state index contributed by atoms with van der Waals surface area (Å²) >= 11 is 0. The molecule has 1 fully saturated rings. The van der Waals surface area contributed by atoms with Crippen LogP contribution in [0.3, 0.4) is 0 Å². The Morgan fingerprint density at radius 3 is 2.10 bits per heavy atom. The van der Waals surface area contributed by atoms with Gasteiger partial charge in [-0.3, -0.25) is 19.7 Å². The van der Waals surface area contributed by atoms with Crippen LogP contribution in [0.15, 0.2) is 54.6 Å². The van der Waals surface area contributed by atoms with Gasteiger partial charge in [0.15, 0.2) is 0 Å². The van der Waals surface area contributed by atoms with E-state index < -0.39 is 4.92 Å². The summed E-state index contributed by atoms with van der Waals surface area (Å²) in [6, 6.07) is 16.5. The second kappa shape index (κ2) is 11.1. The SMILES string of the molecule is O=C(CCCc1ccccc1)N1CCN(C(=O)CCNc2ccccc2[N+](=O)[O-])CC1. The third-order valence-electron chi connectivity index (χ3n) is 5.44. The highest BCUT2D eigenvalue weighted by atomic mass is 16.6. The van der Waals surface area contributed by atoms with Crippen LogP contribution >= 0.6 is 0 Å². The molecular formula is C23H28N4O4. The number of carbonyl (C=O) groups excluding carboxylic acids is 2. The van der Waals surface area contributed by atoms with Crippen LogP contribution in [-0.4, -0.2) is 59.3 Å². The molecule has 2 aromatic rings. The first kappa shape index (κ1) is 22.3. The lowest BCUT2D eigenvalue weighted by Crippen LogP contribution is -2.50. The second-order valence-corrected chi connectivity index (χ2v) is 7.55. The van der Waals surface area contributed by atoms with Gasteiger partial charge in [0, 0.05) is 51.6 Å². The van der Waals surface area contributed by atoms with Crippen LogP contribution < -0.4 is 5.32 Å². The van der Waals surface area contributed by atoms with E-state index in [2.05, 4.69) is 17.4 Å². The average Bonchev–Trinajstić information content (AvgIpc) is 2.80. The summed E-state index contributed by atoms with van der Waals surface area (Å²) in [4.78, 5) is 39.1. The maximum absolute atomic E-state index is 12.5. The van der Waals surface area contributed by atoms with Crippen molar-refractivity contribution in [2.45, 2.75) is 25.7 Å². The van der Waals surface area contributed by atoms with Crippen LogP contribution in [0.5, 0.6) is 0 Å². The number of rotatable bonds is 9. The van der Waals surface area contributed by atoms with E-state index in [0.29, 0.717) is 44.8 Å². The minimum Gasteiger partial charge on any atom is -0.379 e. The highest BCUT2D eigenvalue weighted by Gasteiger charge is 2.23. The number of amides is 2. The molecule has 8 heteroatoms. The second-order valence-electron chi connectivity index (χ2n) is 7.55. The van der Waals surface area contributed by atoms with Gasteiger partial charge in [-0.15, -0.1) is 0 Å². The lowest BCUT2D eigenvalue weighted by atomic mass is 10.1. The van der Waals surface area contributed by atoms with Gasteiger partial charge in [0.1, 0.15) is 5.69 Å². The van der Waals surface area contributed by atoms with E-state index in [4.69, 9.17) is 0 Å². The number of nitro benzene ring substituents is 1. The number of nitrogens with one attached hydrogen (secondary N) is 1. The Balaban J connectivity index is 1.35. The van der Waals surface area contributed by atoms with Crippen molar-refractivity contribution in [2.75, 3.05) is 38.0 Å². The number of aryl methyl sites for hydroxylation is 1. The Hall–Kier alpha value is -3.42. The molecule has 1 N–H and O–H groups in total. The van der Waals surface area contributed by atoms with E-state index in [1.165, 1.54) is 11.6 Å². The zero-order valence-electron chi connectivity index (χ0n) is 17.5. The van der Waals surface area contributed by atoms with Gasteiger partial charge < -0.3 is 15.1 Å². The molecule has 0 atom stereocenters. The molecule has 1 aliphatic rings. The van der Waals surface area contributed by atoms with Crippen LogP contribution in [-0.2, 0) is 16.0 Å². The molecule has 1 saturated heterocycles. The van der Waals surface area contributed by atoms with E-state index in [-0.39, 0.29) is 23.9 Å². The largest absolute Gasteiger partial charge is 0.379 e. The Labute approximate surface area is 182 Å². The first-order valence-corrected chi connectivity index (χ1v) is 10.6. The van der Waals surface area contributed by atoms with Crippen LogP contribution in [0.1, 0.15) is 24.8 Å². The molecule has 8 nitrogen and oxygen atoms in total. The molecule has 0 saturated carbocycles. The van der Waals surface area contributed by atoms with Crippen molar-refractivity contribution >= 4 is 23.2 Å². The van der Waals surface area contributed by atoms with Crippen LogP contribution in [0.4, 0.5) is 11.4 Å². The third kappa shape index (κ3) is 6.53. The molecule has 2 amide bonds. The first-order valence-electron chi connectivity index (χ1n) is 10.6. The average molecular weight is 425 g/mol. The Morgan fingerprint density at radius 2 is 1.45 bits per heavy atom. The Bertz CT molecular complexity index is 895. The molecule has 0 bridgehead atoms. The number of para-hydroxylation sites is 2. The van der Waals surface area contributed by atoms with Crippen molar-refractivity contribution in [3.63, 3.8) is 0 Å². The van der Waals surface area contributed by atoms with Gasteiger partial charge in [0.2, 0.25) is 11.8 Å². The number of anilines is 1. The highest BCUT2D eigenvalue weighted by Crippen LogP contribution is 2.23. The van der Waals surface area contributed by atoms with Gasteiger partial charge in [0.25, 0.3) is 5.69 Å². The fraction of sp³-hybridized carbons (Fsp3) is 0.391. The van der Waals surface area contributed by atoms with Crippen LogP contribution in [0.2, 0.25) is 0 Å². The summed E-state index contributed by atoms with van der Waals surface area (Å²) in [5.41, 5.74) is 1.64. The zero-order chi connectivity index (χ0) is 22.1. The van der Waals surface area contributed by atoms with Gasteiger partial charge in [-0.2, -0.15) is 0 Å². The minimum atomic E-state index is -0.444. The van der Waals surface area contributed by atoms with Gasteiger partial charge in [0.05, 0.1) is 4.92 Å². The predicted octanol–water partition coefficient (Wildman–Crippen LogP) is 3.09. The van der Waals surface area contributed by atoms with Gasteiger partial charge in [-0.1, -0.05) is 42.5 Å². The fourth-order valence-corrected chi connectivity index (χ4v) is 3.70. The summed E-state index contributed by atoms with van der Waals surface area (Å²) in [5, 5.41) is 14.0. The lowest BCUT2D eigenvalue weighted by molar-refractivity contribution is -0.384. The molecule has 0 aliphatic carbocycles. The Morgan fingerprint density at radius 1 is 0.871 bits per heavy atom. The van der Waals surface area contributed by atoms with Gasteiger partial charge in [-0.25, -0.2) is 0 Å². The zero-order valence-corrected chi connectivity index (χ0v) is 17.5. The summed E-state index contributed by atoms with van der Waals surface area (Å²) in [7, 11) is 0. The maximum Gasteiger partial charge on any atom is 0.292 e. The quantitative estimate of drug-likeness (QED) is 0.493. The molecule has 0 radical (unpaired) electrons. The monoisotopic (exact) mass is 424 g/mol. The number of nitrogens with zero attached hydrogens (tertiary/aromatic N) is 3. The lowest BCUT2D eigenvalue weighted by Gasteiger charge is -2.35. The number of carbonyl (C=O) groups is 2. The van der Waals surface area contributed by atoms with E-state index in [0.717, 1.165) is 12.8 Å².